The summed E-state index contributed by atoms with van der Waals surface area (Å²) in [5.41, 5.74) is 1.45. The van der Waals surface area contributed by atoms with Crippen molar-refractivity contribution in [3.05, 3.63) is 57.1 Å². The van der Waals surface area contributed by atoms with Gasteiger partial charge in [-0.3, -0.25) is 14.5 Å². The summed E-state index contributed by atoms with van der Waals surface area (Å²) in [5, 5.41) is 15.1. The van der Waals surface area contributed by atoms with Crippen LogP contribution in [-0.2, 0) is 27.9 Å². The van der Waals surface area contributed by atoms with Crippen LogP contribution in [0.4, 0.5) is 0 Å². The Hall–Kier alpha value is -2.03. The van der Waals surface area contributed by atoms with Gasteiger partial charge in [0.15, 0.2) is 11.5 Å². The summed E-state index contributed by atoms with van der Waals surface area (Å²) >= 11 is 12.3. The Morgan fingerprint density at radius 2 is 1.97 bits per heavy atom. The number of likely N-dealkylation sites (tertiary alicyclic amines) is 1. The molecule has 0 radical (unpaired) electrons. The second-order valence-electron chi connectivity index (χ2n) is 11.9. The highest BCUT2D eigenvalue weighted by atomic mass is 35.5. The third-order valence-corrected chi connectivity index (χ3v) is 10.8. The van der Waals surface area contributed by atoms with E-state index < -0.39 is 17.1 Å². The van der Waals surface area contributed by atoms with Gasteiger partial charge in [0, 0.05) is 18.2 Å². The molecule has 3 fully saturated rings. The first kappa shape index (κ1) is 25.9. The first-order valence-electron chi connectivity index (χ1n) is 13.9. The number of nitrogens with zero attached hydrogens (tertiary/aromatic N) is 2. The third-order valence-electron chi connectivity index (χ3n) is 10.0. The van der Waals surface area contributed by atoms with Crippen molar-refractivity contribution in [2.75, 3.05) is 27.3 Å². The molecule has 1 saturated heterocycles. The number of amides is 1. The predicted octanol–water partition coefficient (Wildman–Crippen LogP) is 4.57. The molecule has 39 heavy (non-hydrogen) atoms. The molecule has 2 aromatic carbocycles. The number of aliphatic hydroxyl groups is 1. The monoisotopic (exact) mass is 572 g/mol. The largest absolute Gasteiger partial charge is 0.493 e. The first-order chi connectivity index (χ1) is 18.8. The number of hydroxylamine groups is 2. The summed E-state index contributed by atoms with van der Waals surface area (Å²) in [6, 6.07) is 8.99. The molecule has 1 amide bonds. The lowest BCUT2D eigenvalue weighted by Gasteiger charge is -2.64. The number of carbonyl (C=O) groups excluding carboxylic acids is 1. The maximum absolute atomic E-state index is 13.7. The van der Waals surface area contributed by atoms with Crippen LogP contribution in [0.2, 0.25) is 10.0 Å². The van der Waals surface area contributed by atoms with Crippen LogP contribution in [0, 0.1) is 5.92 Å². The number of hydrogen-bond donors (Lipinski definition) is 1. The average molecular weight is 574 g/mol. The van der Waals surface area contributed by atoms with Crippen LogP contribution in [-0.4, -0.2) is 72.1 Å². The minimum atomic E-state index is -0.960. The van der Waals surface area contributed by atoms with Crippen molar-refractivity contribution in [1.29, 1.82) is 0 Å². The summed E-state index contributed by atoms with van der Waals surface area (Å²) in [5.74, 6) is 1.94. The molecule has 2 aromatic rings. The highest BCUT2D eigenvalue weighted by Crippen LogP contribution is 2.66. The van der Waals surface area contributed by atoms with E-state index in [0.717, 1.165) is 43.0 Å². The second kappa shape index (κ2) is 9.25. The molecule has 7 nitrogen and oxygen atoms in total. The van der Waals surface area contributed by atoms with Crippen LogP contribution < -0.4 is 9.47 Å². The van der Waals surface area contributed by atoms with Crippen LogP contribution in [0.5, 0.6) is 11.5 Å². The summed E-state index contributed by atoms with van der Waals surface area (Å²) < 4.78 is 12.6. The summed E-state index contributed by atoms with van der Waals surface area (Å²) in [6.45, 7) is 1.94. The maximum atomic E-state index is 13.7. The Kier molecular flexibility index (Phi) is 6.14. The van der Waals surface area contributed by atoms with E-state index >= 15 is 0 Å². The van der Waals surface area contributed by atoms with E-state index in [2.05, 4.69) is 11.0 Å². The lowest BCUT2D eigenvalue weighted by molar-refractivity contribution is -0.240. The predicted molar refractivity (Wildman–Crippen MR) is 147 cm³/mol. The van der Waals surface area contributed by atoms with Gasteiger partial charge in [0.05, 0.1) is 47.7 Å². The van der Waals surface area contributed by atoms with Crippen molar-refractivity contribution < 1.29 is 24.2 Å². The summed E-state index contributed by atoms with van der Waals surface area (Å²) in [7, 11) is 3.18. The molecule has 7 rings (SSSR count). The Bertz CT molecular complexity index is 1330. The van der Waals surface area contributed by atoms with Crippen molar-refractivity contribution in [1.82, 2.24) is 9.96 Å². The van der Waals surface area contributed by atoms with Gasteiger partial charge in [0.1, 0.15) is 6.10 Å². The third kappa shape index (κ3) is 3.70. The molecule has 5 aliphatic rings. The molecule has 2 aliphatic heterocycles. The topological polar surface area (TPSA) is 71.5 Å². The molecule has 1 spiro atoms. The van der Waals surface area contributed by atoms with E-state index in [0.29, 0.717) is 34.4 Å². The Labute approximate surface area is 238 Å². The van der Waals surface area contributed by atoms with Gasteiger partial charge in [-0.25, -0.2) is 5.06 Å². The van der Waals surface area contributed by atoms with Crippen molar-refractivity contribution in [3.63, 3.8) is 0 Å². The number of benzene rings is 2. The molecule has 2 saturated carbocycles. The number of piperidine rings is 1. The van der Waals surface area contributed by atoms with Crippen LogP contribution in [0.25, 0.3) is 0 Å². The fourth-order valence-electron chi connectivity index (χ4n) is 8.17. The molecular weight excluding hydrogens is 539 g/mol. The molecule has 2 heterocycles. The van der Waals surface area contributed by atoms with Crippen molar-refractivity contribution in [2.45, 2.75) is 74.1 Å². The fourth-order valence-corrected chi connectivity index (χ4v) is 8.49. The second-order valence-corrected chi connectivity index (χ2v) is 12.7. The number of rotatable bonds is 7. The van der Waals surface area contributed by atoms with Gasteiger partial charge in [0.2, 0.25) is 0 Å². The highest BCUT2D eigenvalue weighted by Gasteiger charge is 2.73. The fraction of sp³-hybridized carbons (Fsp3) is 0.567. The van der Waals surface area contributed by atoms with E-state index in [1.165, 1.54) is 30.6 Å². The number of methoxy groups -OCH3 is 1. The Morgan fingerprint density at radius 1 is 1.15 bits per heavy atom. The SMILES string of the molecule is COc1ccc2c3c1OC1C(N(OC)C(=O)Cc4ccc(Cl)c(Cl)c4)CC[C@@]4(O)[C@@H](C2)N(CC2CC2)CC[C@]314. The molecule has 0 aromatic heterocycles. The zero-order valence-corrected chi connectivity index (χ0v) is 23.8. The van der Waals surface area contributed by atoms with Gasteiger partial charge in [0.25, 0.3) is 5.91 Å². The van der Waals surface area contributed by atoms with Crippen molar-refractivity contribution >= 4 is 29.1 Å². The van der Waals surface area contributed by atoms with Gasteiger partial charge in [-0.1, -0.05) is 35.3 Å². The molecule has 1 N–H and O–H groups in total. The molecule has 208 valence electrons. The van der Waals surface area contributed by atoms with Gasteiger partial charge < -0.3 is 14.6 Å². The van der Waals surface area contributed by atoms with E-state index in [-0.39, 0.29) is 24.4 Å². The Morgan fingerprint density at radius 3 is 2.69 bits per heavy atom. The van der Waals surface area contributed by atoms with Gasteiger partial charge in [-0.05, 0) is 80.3 Å². The molecule has 2 unspecified atom stereocenters. The summed E-state index contributed by atoms with van der Waals surface area (Å²) in [4.78, 5) is 22.0. The molecule has 2 bridgehead atoms. The zero-order chi connectivity index (χ0) is 27.1. The van der Waals surface area contributed by atoms with E-state index in [1.54, 1.807) is 25.3 Å². The van der Waals surface area contributed by atoms with Crippen molar-refractivity contribution in [3.8, 4) is 11.5 Å². The average Bonchev–Trinajstić information content (AvgIpc) is 3.66. The number of carbonyl (C=O) groups is 1. The van der Waals surface area contributed by atoms with Crippen LogP contribution in [0.15, 0.2) is 30.3 Å². The number of halogens is 2. The zero-order valence-electron chi connectivity index (χ0n) is 22.3. The number of ether oxygens (including phenoxy) is 2. The quantitative estimate of drug-likeness (QED) is 0.490. The smallest absolute Gasteiger partial charge is 0.250 e. The normalized spacial score (nSPS) is 32.4. The van der Waals surface area contributed by atoms with Crippen LogP contribution in [0.3, 0.4) is 0 Å². The maximum Gasteiger partial charge on any atom is 0.250 e. The van der Waals surface area contributed by atoms with E-state index in [4.69, 9.17) is 37.5 Å². The standard InChI is InChI=1S/C30H34Cl2N2O5/c1-37-23-8-6-19-15-24-30(36)10-9-22(34(38-2)25(35)14-18-5-7-20(31)21(32)13-18)28-29(30,26(19)27(23)39-28)11-12-33(24)16-17-3-4-17/h5-8,13,17,22,24,28,36H,3-4,9-12,14-16H2,1-2H3/t22?,24-,28?,29+,30-/m1/s1. The molecule has 9 heteroatoms. The molecule has 3 aliphatic carbocycles. The van der Waals surface area contributed by atoms with E-state index in [9.17, 15) is 9.90 Å². The molecular formula is C30H34Cl2N2O5. The molecule has 5 atom stereocenters. The lowest BCUT2D eigenvalue weighted by atomic mass is 9.48. The first-order valence-corrected chi connectivity index (χ1v) is 14.7. The van der Waals surface area contributed by atoms with Gasteiger partial charge in [-0.2, -0.15) is 0 Å². The minimum Gasteiger partial charge on any atom is -0.493 e. The van der Waals surface area contributed by atoms with Crippen molar-refractivity contribution in [2.24, 2.45) is 5.92 Å². The summed E-state index contributed by atoms with van der Waals surface area (Å²) in [6.07, 6.45) is 4.92. The highest BCUT2D eigenvalue weighted by molar-refractivity contribution is 6.42. The minimum absolute atomic E-state index is 0.0219. The van der Waals surface area contributed by atoms with Gasteiger partial charge >= 0.3 is 0 Å². The Balaban J connectivity index is 1.28. The van der Waals surface area contributed by atoms with E-state index in [1.807, 2.05) is 6.07 Å². The van der Waals surface area contributed by atoms with Gasteiger partial charge in [-0.15, -0.1) is 0 Å². The van der Waals surface area contributed by atoms with Crippen LogP contribution >= 0.6 is 23.2 Å². The lowest BCUT2D eigenvalue weighted by Crippen LogP contribution is -2.78. The van der Waals surface area contributed by atoms with Crippen LogP contribution in [0.1, 0.15) is 48.8 Å². The number of hydrogen-bond acceptors (Lipinski definition) is 6.